The van der Waals surface area contributed by atoms with Crippen LogP contribution in [0.1, 0.15) is 110 Å². The third kappa shape index (κ3) is 34.3. The number of quaternary nitrogens is 2. The van der Waals surface area contributed by atoms with Crippen LogP contribution >= 0.6 is 11.6 Å². The minimum absolute atomic E-state index is 0. The second-order valence-electron chi connectivity index (χ2n) is 5.99. The van der Waals surface area contributed by atoms with E-state index >= 15 is 0 Å². The molecule has 0 aliphatic carbocycles. The Morgan fingerprint density at radius 1 is 0.478 bits per heavy atom. The van der Waals surface area contributed by atoms with Crippen LogP contribution in [-0.4, -0.2) is 5.88 Å². The molecular formula is C20H49ClN2+2. The lowest BCUT2D eigenvalue weighted by Gasteiger charge is -2.03. The largest absolute Gasteiger partial charge is 0.369 e. The molecule has 0 fully saturated rings. The molecule has 0 heterocycles. The molecule has 0 radical (unpaired) electrons. The summed E-state index contributed by atoms with van der Waals surface area (Å²) in [4.78, 5) is 0. The van der Waals surface area contributed by atoms with Gasteiger partial charge in [-0.15, -0.1) is 24.8 Å². The molecule has 0 aliphatic heterocycles. The molecule has 0 saturated heterocycles. The average Bonchev–Trinajstić information content (AvgIpc) is 2.53. The predicted molar refractivity (Wildman–Crippen MR) is 113 cm³/mol. The van der Waals surface area contributed by atoms with E-state index in [0.29, 0.717) is 0 Å². The molecule has 23 heavy (non-hydrogen) atoms. The number of rotatable bonds is 16. The number of halogens is 1. The van der Waals surface area contributed by atoms with Crippen LogP contribution < -0.4 is 12.3 Å². The molecule has 0 bridgehead atoms. The van der Waals surface area contributed by atoms with Gasteiger partial charge in [-0.3, -0.25) is 0 Å². The zero-order chi connectivity index (χ0) is 16.0. The van der Waals surface area contributed by atoms with E-state index in [1.807, 2.05) is 0 Å². The van der Waals surface area contributed by atoms with Crippen molar-refractivity contribution in [1.82, 2.24) is 12.3 Å². The Labute approximate surface area is 153 Å². The van der Waals surface area contributed by atoms with Gasteiger partial charge in [-0.2, -0.15) is 0 Å². The van der Waals surface area contributed by atoms with Crippen molar-refractivity contribution in [2.75, 3.05) is 5.88 Å². The van der Waals surface area contributed by atoms with Crippen molar-refractivity contribution in [3.8, 4) is 0 Å². The fraction of sp³-hybridized carbons (Fsp3) is 0.900. The molecule has 0 amide bonds. The molecule has 0 unspecified atom stereocenters. The molecule has 0 aromatic rings. The number of alkyl halides is 1. The molecular weight excluding hydrogens is 304 g/mol. The summed E-state index contributed by atoms with van der Waals surface area (Å²) in [6.07, 6.45) is 22.8. The van der Waals surface area contributed by atoms with Crippen molar-refractivity contribution in [2.45, 2.75) is 110 Å². The van der Waals surface area contributed by atoms with Crippen molar-refractivity contribution in [3.05, 3.63) is 13.2 Å². The van der Waals surface area contributed by atoms with Gasteiger partial charge < -0.3 is 12.3 Å². The maximum Gasteiger partial charge on any atom is 0.0223 e. The van der Waals surface area contributed by atoms with Gasteiger partial charge in [-0.05, 0) is 6.42 Å². The molecule has 2 nitrogen and oxygen atoms in total. The lowest BCUT2D eigenvalue weighted by molar-refractivity contribution is 0.531. The Morgan fingerprint density at radius 3 is 0.913 bits per heavy atom. The van der Waals surface area contributed by atoms with Gasteiger partial charge in [-0.25, -0.2) is 0 Å². The summed E-state index contributed by atoms with van der Waals surface area (Å²) in [5.74, 6) is 0.846. The third-order valence-electron chi connectivity index (χ3n) is 3.99. The van der Waals surface area contributed by atoms with Gasteiger partial charge in [0, 0.05) is 5.88 Å². The van der Waals surface area contributed by atoms with E-state index in [9.17, 15) is 0 Å². The number of hydrogen-bond acceptors (Lipinski definition) is 0. The monoisotopic (exact) mass is 352 g/mol. The number of unbranched alkanes of at least 4 members (excludes halogenated alkanes) is 15. The Balaban J connectivity index is -0.000000432. The van der Waals surface area contributed by atoms with Gasteiger partial charge in [0.05, 0.1) is 0 Å². The van der Waals surface area contributed by atoms with Crippen molar-refractivity contribution in [2.24, 2.45) is 0 Å². The standard InChI is InChI=1S/C18H37Cl.C2H4.2H3N/c1-2-3-4-5-6-7-8-9-10-11-12-13-14-15-16-17-18-19;1-2;;/h2-18H2,1H3;1-2H2;2*1H3/p+2. The predicted octanol–water partition coefficient (Wildman–Crippen LogP) is 9.04. The molecule has 0 aromatic heterocycles. The van der Waals surface area contributed by atoms with Crippen molar-refractivity contribution >= 4 is 11.6 Å². The quantitative estimate of drug-likeness (QED) is 0.158. The summed E-state index contributed by atoms with van der Waals surface area (Å²) < 4.78 is 0. The maximum absolute atomic E-state index is 5.66. The molecule has 0 aromatic carbocycles. The summed E-state index contributed by atoms with van der Waals surface area (Å²) in [7, 11) is 0. The Hall–Kier alpha value is -0.0500. The first kappa shape index (κ1) is 30.8. The molecule has 3 heteroatoms. The van der Waals surface area contributed by atoms with Crippen LogP contribution in [0.15, 0.2) is 13.2 Å². The first-order valence-electron chi connectivity index (χ1n) is 9.47. The zero-order valence-electron chi connectivity index (χ0n) is 16.8. The molecule has 0 atom stereocenters. The van der Waals surface area contributed by atoms with Gasteiger partial charge in [0.2, 0.25) is 0 Å². The van der Waals surface area contributed by atoms with Crippen molar-refractivity contribution < 1.29 is 0 Å². The molecule has 0 rings (SSSR count). The summed E-state index contributed by atoms with van der Waals surface area (Å²) in [5, 5.41) is 0. The van der Waals surface area contributed by atoms with E-state index < -0.39 is 0 Å². The second kappa shape index (κ2) is 33.5. The highest BCUT2D eigenvalue weighted by Crippen LogP contribution is 2.13. The Bertz CT molecular complexity index is 150. The molecule has 8 N–H and O–H groups in total. The third-order valence-corrected chi connectivity index (χ3v) is 4.25. The van der Waals surface area contributed by atoms with Crippen LogP contribution in [0.25, 0.3) is 0 Å². The van der Waals surface area contributed by atoms with Gasteiger partial charge in [0.25, 0.3) is 0 Å². The minimum atomic E-state index is 0. The average molecular weight is 353 g/mol. The summed E-state index contributed by atoms with van der Waals surface area (Å²) >= 11 is 5.66. The highest BCUT2D eigenvalue weighted by Gasteiger charge is 1.94. The van der Waals surface area contributed by atoms with Gasteiger partial charge in [-0.1, -0.05) is 103 Å². The fourth-order valence-electron chi connectivity index (χ4n) is 2.64. The molecule has 0 saturated carbocycles. The van der Waals surface area contributed by atoms with Crippen molar-refractivity contribution in [3.63, 3.8) is 0 Å². The summed E-state index contributed by atoms with van der Waals surface area (Å²) in [6.45, 7) is 8.29. The van der Waals surface area contributed by atoms with Crippen LogP contribution in [0, 0.1) is 0 Å². The van der Waals surface area contributed by atoms with Crippen LogP contribution in [-0.2, 0) is 0 Å². The number of hydrogen-bond donors (Lipinski definition) is 2. The smallest absolute Gasteiger partial charge is 0.0223 e. The molecule has 144 valence electrons. The van der Waals surface area contributed by atoms with Crippen LogP contribution in [0.2, 0.25) is 0 Å². The Kier molecular flexibility index (Phi) is 44.9. The first-order chi connectivity index (χ1) is 10.4. The zero-order valence-corrected chi connectivity index (χ0v) is 17.6. The Morgan fingerprint density at radius 2 is 0.696 bits per heavy atom. The van der Waals surface area contributed by atoms with E-state index in [-0.39, 0.29) is 12.3 Å². The molecule has 0 aliphatic rings. The fourth-order valence-corrected chi connectivity index (χ4v) is 2.83. The van der Waals surface area contributed by atoms with Crippen molar-refractivity contribution in [1.29, 1.82) is 0 Å². The van der Waals surface area contributed by atoms with Crippen LogP contribution in [0.5, 0.6) is 0 Å². The topological polar surface area (TPSA) is 73.0 Å². The van der Waals surface area contributed by atoms with Gasteiger partial charge in [0.15, 0.2) is 0 Å². The van der Waals surface area contributed by atoms with Crippen LogP contribution in [0.3, 0.4) is 0 Å². The summed E-state index contributed by atoms with van der Waals surface area (Å²) in [5.41, 5.74) is 0. The SMILES string of the molecule is C=C.CCCCCCCCCCCCCCCCCCCl.[NH4+].[NH4+]. The maximum atomic E-state index is 5.66. The summed E-state index contributed by atoms with van der Waals surface area (Å²) in [6, 6.07) is 0. The van der Waals surface area contributed by atoms with Crippen LogP contribution in [0.4, 0.5) is 0 Å². The van der Waals surface area contributed by atoms with E-state index in [1.165, 1.54) is 103 Å². The molecule has 0 spiro atoms. The first-order valence-corrected chi connectivity index (χ1v) is 10.0. The highest BCUT2D eigenvalue weighted by atomic mass is 35.5. The highest BCUT2D eigenvalue weighted by molar-refractivity contribution is 6.17. The lowest BCUT2D eigenvalue weighted by atomic mass is 10.0. The van der Waals surface area contributed by atoms with Gasteiger partial charge >= 0.3 is 0 Å². The van der Waals surface area contributed by atoms with E-state index in [2.05, 4.69) is 20.1 Å². The van der Waals surface area contributed by atoms with E-state index in [0.717, 1.165) is 5.88 Å². The normalized spacial score (nSPS) is 9.30. The van der Waals surface area contributed by atoms with Gasteiger partial charge in [0.1, 0.15) is 0 Å². The lowest BCUT2D eigenvalue weighted by Crippen LogP contribution is -1.83. The van der Waals surface area contributed by atoms with E-state index in [1.54, 1.807) is 0 Å². The van der Waals surface area contributed by atoms with E-state index in [4.69, 9.17) is 11.6 Å². The minimum Gasteiger partial charge on any atom is -0.369 e. The second-order valence-corrected chi connectivity index (χ2v) is 6.37.